The Morgan fingerprint density at radius 1 is 1.14 bits per heavy atom. The van der Waals surface area contributed by atoms with Crippen molar-refractivity contribution in [2.45, 2.75) is 37.8 Å². The van der Waals surface area contributed by atoms with Crippen LogP contribution in [0.15, 0.2) is 34.4 Å². The Morgan fingerprint density at radius 2 is 1.95 bits per heavy atom. The number of rotatable bonds is 1. The number of aromatic amines is 1. The van der Waals surface area contributed by atoms with Gasteiger partial charge in [-0.1, -0.05) is 6.42 Å². The van der Waals surface area contributed by atoms with Gasteiger partial charge in [0.1, 0.15) is 5.66 Å². The first-order valence-corrected chi connectivity index (χ1v) is 7.61. The summed E-state index contributed by atoms with van der Waals surface area (Å²) in [6, 6.07) is 6.09. The van der Waals surface area contributed by atoms with Crippen molar-refractivity contribution in [3.63, 3.8) is 0 Å². The van der Waals surface area contributed by atoms with Gasteiger partial charge in [-0.15, -0.1) is 0 Å². The monoisotopic (exact) mass is 297 g/mol. The van der Waals surface area contributed by atoms with E-state index in [0.717, 1.165) is 42.3 Å². The molecule has 0 amide bonds. The van der Waals surface area contributed by atoms with Crippen LogP contribution in [-0.2, 0) is 0 Å². The number of nitrogens with zero attached hydrogens (tertiary/aromatic N) is 4. The molecule has 1 aromatic heterocycles. The number of fused-ring (bicyclic) bond motifs is 1. The summed E-state index contributed by atoms with van der Waals surface area (Å²) >= 11 is 0. The number of nitrogens with one attached hydrogen (secondary N) is 1. The van der Waals surface area contributed by atoms with Crippen LogP contribution in [0.5, 0.6) is 0 Å². The Balaban J connectivity index is 1.84. The maximum Gasteiger partial charge on any atom is 0.220 e. The molecular weight excluding hydrogens is 278 g/mol. The van der Waals surface area contributed by atoms with Crippen LogP contribution in [0.4, 0.5) is 5.69 Å². The summed E-state index contributed by atoms with van der Waals surface area (Å²) in [6.45, 7) is 0. The predicted molar refractivity (Wildman–Crippen MR) is 87.6 cm³/mol. The molecule has 5 N–H and O–H groups in total. The summed E-state index contributed by atoms with van der Waals surface area (Å²) in [5, 5.41) is 8.07. The number of H-pyrrole nitrogens is 1. The number of aliphatic imine (C=N–C) groups is 2. The standard InChI is InChI=1S/C15H19N7/c16-13-19-14(17)22(15(20-13)6-2-1-3-7-15)11-4-5-12-10(8-11)9-18-21-12/h4-5,8-9H,1-3,6-7H2,(H,18,21)(H4,16,17,19,20). The van der Waals surface area contributed by atoms with E-state index in [2.05, 4.69) is 26.2 Å². The van der Waals surface area contributed by atoms with Crippen molar-refractivity contribution in [1.29, 1.82) is 0 Å². The normalized spacial score (nSPS) is 21.0. The maximum absolute atomic E-state index is 6.22. The highest BCUT2D eigenvalue weighted by molar-refractivity contribution is 6.06. The predicted octanol–water partition coefficient (Wildman–Crippen LogP) is 1.67. The van der Waals surface area contributed by atoms with E-state index in [1.807, 2.05) is 17.0 Å². The average Bonchev–Trinajstić information content (AvgIpc) is 2.94. The number of guanidine groups is 2. The molecular formula is C15H19N7. The van der Waals surface area contributed by atoms with Gasteiger partial charge in [-0.3, -0.25) is 10.00 Å². The van der Waals surface area contributed by atoms with E-state index >= 15 is 0 Å². The lowest BCUT2D eigenvalue weighted by Crippen LogP contribution is -2.58. The number of nitrogens with two attached hydrogens (primary N) is 2. The zero-order valence-corrected chi connectivity index (χ0v) is 12.3. The highest BCUT2D eigenvalue weighted by atomic mass is 15.4. The van der Waals surface area contributed by atoms with E-state index in [9.17, 15) is 0 Å². The van der Waals surface area contributed by atoms with Gasteiger partial charge in [-0.05, 0) is 43.9 Å². The minimum absolute atomic E-state index is 0.278. The Bertz CT molecular complexity index is 767. The molecule has 0 atom stereocenters. The van der Waals surface area contributed by atoms with Crippen molar-refractivity contribution in [2.75, 3.05) is 4.90 Å². The van der Waals surface area contributed by atoms with Crippen LogP contribution in [0.3, 0.4) is 0 Å². The molecule has 2 aliphatic rings. The van der Waals surface area contributed by atoms with Gasteiger partial charge in [0.15, 0.2) is 0 Å². The Hall–Kier alpha value is -2.57. The van der Waals surface area contributed by atoms with E-state index in [4.69, 9.17) is 11.5 Å². The van der Waals surface area contributed by atoms with Gasteiger partial charge in [-0.2, -0.15) is 10.1 Å². The van der Waals surface area contributed by atoms with Gasteiger partial charge in [0.25, 0.3) is 0 Å². The van der Waals surface area contributed by atoms with Gasteiger partial charge in [0.2, 0.25) is 11.9 Å². The van der Waals surface area contributed by atoms with Gasteiger partial charge in [-0.25, -0.2) is 4.99 Å². The van der Waals surface area contributed by atoms with E-state index in [1.165, 1.54) is 6.42 Å². The third-order valence-corrected chi connectivity index (χ3v) is 4.53. The smallest absolute Gasteiger partial charge is 0.220 e. The van der Waals surface area contributed by atoms with Crippen molar-refractivity contribution in [3.05, 3.63) is 24.4 Å². The van der Waals surface area contributed by atoms with Crippen molar-refractivity contribution in [3.8, 4) is 0 Å². The Morgan fingerprint density at radius 3 is 2.77 bits per heavy atom. The van der Waals surface area contributed by atoms with Crippen LogP contribution in [-0.4, -0.2) is 27.8 Å². The lowest BCUT2D eigenvalue weighted by molar-refractivity contribution is 0.305. The molecule has 1 aromatic carbocycles. The molecule has 0 unspecified atom stereocenters. The van der Waals surface area contributed by atoms with E-state index in [1.54, 1.807) is 6.20 Å². The fourth-order valence-corrected chi connectivity index (χ4v) is 3.56. The molecule has 1 saturated carbocycles. The molecule has 22 heavy (non-hydrogen) atoms. The zero-order chi connectivity index (χ0) is 15.2. The first kappa shape index (κ1) is 13.1. The summed E-state index contributed by atoms with van der Waals surface area (Å²) in [5.74, 6) is 0.692. The second-order valence-electron chi connectivity index (χ2n) is 5.96. The van der Waals surface area contributed by atoms with Crippen molar-refractivity contribution >= 4 is 28.5 Å². The molecule has 0 bridgehead atoms. The van der Waals surface area contributed by atoms with Crippen LogP contribution in [0.2, 0.25) is 0 Å². The van der Waals surface area contributed by atoms with Crippen molar-refractivity contribution in [2.24, 2.45) is 21.5 Å². The van der Waals surface area contributed by atoms with Crippen LogP contribution in [0.1, 0.15) is 32.1 Å². The van der Waals surface area contributed by atoms with Crippen molar-refractivity contribution in [1.82, 2.24) is 10.2 Å². The number of hydrogen-bond acceptors (Lipinski definition) is 6. The molecule has 4 rings (SSSR count). The molecule has 2 aromatic rings. The minimum Gasteiger partial charge on any atom is -0.369 e. The summed E-state index contributed by atoms with van der Waals surface area (Å²) in [6.07, 6.45) is 7.15. The first-order chi connectivity index (χ1) is 10.7. The molecule has 7 nitrogen and oxygen atoms in total. The fraction of sp³-hybridized carbons (Fsp3) is 0.400. The summed E-state index contributed by atoms with van der Waals surface area (Å²) < 4.78 is 0. The van der Waals surface area contributed by atoms with Gasteiger partial charge >= 0.3 is 0 Å². The molecule has 7 heteroatoms. The first-order valence-electron chi connectivity index (χ1n) is 7.61. The topological polar surface area (TPSA) is 109 Å². The van der Waals surface area contributed by atoms with Crippen LogP contribution >= 0.6 is 0 Å². The number of anilines is 1. The second-order valence-corrected chi connectivity index (χ2v) is 5.96. The molecule has 1 aliphatic heterocycles. The number of aromatic nitrogens is 2. The SMILES string of the molecule is NC1=NC2(CCCCC2)N(c2ccc3[nH]ncc3c2)C(N)=N1. The number of benzene rings is 1. The summed E-state index contributed by atoms with van der Waals surface area (Å²) in [5.41, 5.74) is 13.7. The molecule has 1 spiro atoms. The Kier molecular flexibility index (Phi) is 2.82. The van der Waals surface area contributed by atoms with Crippen LogP contribution in [0.25, 0.3) is 10.9 Å². The lowest BCUT2D eigenvalue weighted by atomic mass is 9.87. The third-order valence-electron chi connectivity index (χ3n) is 4.53. The highest BCUT2D eigenvalue weighted by Crippen LogP contribution is 2.39. The second kappa shape index (κ2) is 4.72. The fourth-order valence-electron chi connectivity index (χ4n) is 3.56. The Labute approximate surface area is 128 Å². The molecule has 0 radical (unpaired) electrons. The van der Waals surface area contributed by atoms with Crippen LogP contribution < -0.4 is 16.4 Å². The van der Waals surface area contributed by atoms with E-state index < -0.39 is 5.66 Å². The van der Waals surface area contributed by atoms with Gasteiger partial charge in [0.05, 0.1) is 11.7 Å². The lowest BCUT2D eigenvalue weighted by Gasteiger charge is -2.45. The van der Waals surface area contributed by atoms with Crippen LogP contribution in [0, 0.1) is 0 Å². The van der Waals surface area contributed by atoms with E-state index in [0.29, 0.717) is 5.96 Å². The highest BCUT2D eigenvalue weighted by Gasteiger charge is 2.42. The molecule has 2 heterocycles. The van der Waals surface area contributed by atoms with E-state index in [-0.39, 0.29) is 5.96 Å². The average molecular weight is 297 g/mol. The maximum atomic E-state index is 6.22. The third kappa shape index (κ3) is 1.93. The minimum atomic E-state index is -0.397. The van der Waals surface area contributed by atoms with Gasteiger partial charge in [0, 0.05) is 11.1 Å². The zero-order valence-electron chi connectivity index (χ0n) is 12.3. The summed E-state index contributed by atoms with van der Waals surface area (Å²) in [7, 11) is 0. The van der Waals surface area contributed by atoms with Gasteiger partial charge < -0.3 is 11.5 Å². The molecule has 114 valence electrons. The molecule has 0 saturated heterocycles. The number of hydrogen-bond donors (Lipinski definition) is 3. The quantitative estimate of drug-likeness (QED) is 0.744. The largest absolute Gasteiger partial charge is 0.369 e. The summed E-state index contributed by atoms with van der Waals surface area (Å²) in [4.78, 5) is 10.9. The van der Waals surface area contributed by atoms with Crippen molar-refractivity contribution < 1.29 is 0 Å². The molecule has 1 aliphatic carbocycles. The molecule has 1 fully saturated rings.